The summed E-state index contributed by atoms with van der Waals surface area (Å²) < 4.78 is 0. The van der Waals surface area contributed by atoms with Gasteiger partial charge in [-0.2, -0.15) is 0 Å². The summed E-state index contributed by atoms with van der Waals surface area (Å²) in [5.41, 5.74) is 6.62. The van der Waals surface area contributed by atoms with Crippen LogP contribution in [0.15, 0.2) is 0 Å². The summed E-state index contributed by atoms with van der Waals surface area (Å²) in [6.45, 7) is 9.11. The Kier molecular flexibility index (Phi) is 10.6. The van der Waals surface area contributed by atoms with Gasteiger partial charge in [0.25, 0.3) is 0 Å². The molecule has 0 aromatic carbocycles. The molecule has 1 atom stereocenters. The highest BCUT2D eigenvalue weighted by atomic mass is 16.0. The van der Waals surface area contributed by atoms with Crippen LogP contribution in [-0.4, -0.2) is 11.5 Å². The highest BCUT2D eigenvalue weighted by Gasteiger charge is 2.28. The summed E-state index contributed by atoms with van der Waals surface area (Å²) in [6, 6.07) is 0.389. The van der Waals surface area contributed by atoms with Crippen LogP contribution in [0.5, 0.6) is 0 Å². The lowest BCUT2D eigenvalue weighted by Crippen LogP contribution is -2.39. The molecule has 4 N–H and O–H groups in total. The van der Waals surface area contributed by atoms with Gasteiger partial charge >= 0.3 is 0 Å². The second kappa shape index (κ2) is 9.17. The van der Waals surface area contributed by atoms with E-state index in [9.17, 15) is 0 Å². The molecule has 0 aliphatic rings. The van der Waals surface area contributed by atoms with E-state index in [1.54, 1.807) is 0 Å². The van der Waals surface area contributed by atoms with Crippen molar-refractivity contribution in [1.82, 2.24) is 0 Å². The Morgan fingerprint density at radius 1 is 1.00 bits per heavy atom. The van der Waals surface area contributed by atoms with E-state index < -0.39 is 0 Å². The summed E-state index contributed by atoms with van der Waals surface area (Å²) in [4.78, 5) is 0. The first-order valence-electron chi connectivity index (χ1n) is 6.36. The van der Waals surface area contributed by atoms with Gasteiger partial charge in [0, 0.05) is 6.04 Å². The van der Waals surface area contributed by atoms with Crippen LogP contribution in [0.25, 0.3) is 0 Å². The third-order valence-electron chi connectivity index (χ3n) is 3.54. The van der Waals surface area contributed by atoms with E-state index in [1.165, 1.54) is 38.5 Å². The lowest BCUT2D eigenvalue weighted by molar-refractivity contribution is 0.196. The van der Waals surface area contributed by atoms with Gasteiger partial charge in [-0.3, -0.25) is 0 Å². The molecule has 0 aliphatic heterocycles. The number of rotatable bonds is 8. The molecule has 94 valence electrons. The molecule has 0 radical (unpaired) electrons. The average Bonchev–Trinajstić information content (AvgIpc) is 2.22. The standard InChI is InChI=1S/C13H29N.H2O/c1-5-8-10-13(4,11-9-6-2)12(14)7-3;/h12H,5-11,14H2,1-4H3;1H2. The first-order chi connectivity index (χ1) is 6.60. The monoisotopic (exact) mass is 217 g/mol. The number of unbranched alkanes of at least 4 members (excludes halogenated alkanes) is 2. The highest BCUT2D eigenvalue weighted by molar-refractivity contribution is 4.84. The molecule has 2 nitrogen and oxygen atoms in total. The summed E-state index contributed by atoms with van der Waals surface area (Å²) in [6.07, 6.45) is 8.96. The minimum atomic E-state index is 0. The molecule has 0 saturated carbocycles. The summed E-state index contributed by atoms with van der Waals surface area (Å²) in [5.74, 6) is 0. The molecular formula is C13H31NO. The Morgan fingerprint density at radius 3 is 1.67 bits per heavy atom. The summed E-state index contributed by atoms with van der Waals surface area (Å²) >= 11 is 0. The summed E-state index contributed by atoms with van der Waals surface area (Å²) in [5, 5.41) is 0. The van der Waals surface area contributed by atoms with Crippen molar-refractivity contribution in [2.24, 2.45) is 11.1 Å². The first kappa shape index (κ1) is 17.3. The fourth-order valence-electron chi connectivity index (χ4n) is 2.15. The van der Waals surface area contributed by atoms with Gasteiger partial charge in [-0.25, -0.2) is 0 Å². The minimum absolute atomic E-state index is 0. The molecule has 0 heterocycles. The first-order valence-corrected chi connectivity index (χ1v) is 6.36. The SMILES string of the molecule is CCCCC(C)(CCCC)C(N)CC.O. The lowest BCUT2D eigenvalue weighted by Gasteiger charge is -2.35. The van der Waals surface area contributed by atoms with Gasteiger partial charge in [0.15, 0.2) is 0 Å². The predicted molar refractivity (Wildman–Crippen MR) is 69.0 cm³/mol. The zero-order chi connectivity index (χ0) is 11.0. The van der Waals surface area contributed by atoms with Crippen molar-refractivity contribution >= 4 is 0 Å². The molecule has 0 aromatic heterocycles. The number of hydrogen-bond acceptors (Lipinski definition) is 1. The van der Waals surface area contributed by atoms with Crippen molar-refractivity contribution in [3.05, 3.63) is 0 Å². The Bertz CT molecular complexity index is 128. The number of nitrogens with two attached hydrogens (primary N) is 1. The maximum atomic E-state index is 6.23. The van der Waals surface area contributed by atoms with Gasteiger partial charge < -0.3 is 11.2 Å². The smallest absolute Gasteiger partial charge is 0.00902 e. The fraction of sp³-hybridized carbons (Fsp3) is 1.00. The molecule has 1 unspecified atom stereocenters. The molecule has 0 saturated heterocycles. The minimum Gasteiger partial charge on any atom is -0.412 e. The highest BCUT2D eigenvalue weighted by Crippen LogP contribution is 2.34. The molecule has 0 bridgehead atoms. The molecule has 0 aromatic rings. The Balaban J connectivity index is 0. The van der Waals surface area contributed by atoms with Gasteiger partial charge in [-0.15, -0.1) is 0 Å². The van der Waals surface area contributed by atoms with Crippen molar-refractivity contribution in [1.29, 1.82) is 0 Å². The van der Waals surface area contributed by atoms with E-state index in [2.05, 4.69) is 27.7 Å². The predicted octanol–water partition coefficient (Wildman–Crippen LogP) is 3.29. The van der Waals surface area contributed by atoms with Crippen LogP contribution in [0.4, 0.5) is 0 Å². The molecule has 0 spiro atoms. The van der Waals surface area contributed by atoms with Crippen LogP contribution in [0.3, 0.4) is 0 Å². The van der Waals surface area contributed by atoms with Crippen LogP contribution in [-0.2, 0) is 0 Å². The van der Waals surface area contributed by atoms with Crippen molar-refractivity contribution < 1.29 is 5.48 Å². The lowest BCUT2D eigenvalue weighted by atomic mass is 9.73. The van der Waals surface area contributed by atoms with E-state index in [0.29, 0.717) is 11.5 Å². The van der Waals surface area contributed by atoms with E-state index >= 15 is 0 Å². The van der Waals surface area contributed by atoms with Gasteiger partial charge in [0.2, 0.25) is 0 Å². The second-order valence-corrected chi connectivity index (χ2v) is 4.88. The second-order valence-electron chi connectivity index (χ2n) is 4.88. The van der Waals surface area contributed by atoms with Gasteiger partial charge in [-0.05, 0) is 24.7 Å². The molecule has 0 rings (SSSR count). The van der Waals surface area contributed by atoms with Gasteiger partial charge in [0.1, 0.15) is 0 Å². The zero-order valence-electron chi connectivity index (χ0n) is 11.1. The topological polar surface area (TPSA) is 57.5 Å². The quantitative estimate of drug-likeness (QED) is 0.666. The van der Waals surface area contributed by atoms with Crippen molar-refractivity contribution in [3.8, 4) is 0 Å². The van der Waals surface area contributed by atoms with E-state index in [1.807, 2.05) is 0 Å². The molecule has 0 aliphatic carbocycles. The van der Waals surface area contributed by atoms with Crippen molar-refractivity contribution in [3.63, 3.8) is 0 Å². The molecule has 15 heavy (non-hydrogen) atoms. The molecular weight excluding hydrogens is 186 g/mol. The van der Waals surface area contributed by atoms with Crippen LogP contribution < -0.4 is 5.73 Å². The average molecular weight is 217 g/mol. The zero-order valence-corrected chi connectivity index (χ0v) is 11.1. The Morgan fingerprint density at radius 2 is 1.40 bits per heavy atom. The maximum absolute atomic E-state index is 6.23. The fourth-order valence-corrected chi connectivity index (χ4v) is 2.15. The molecule has 0 fully saturated rings. The Labute approximate surface area is 95.9 Å². The number of hydrogen-bond donors (Lipinski definition) is 1. The largest absolute Gasteiger partial charge is 0.412 e. The van der Waals surface area contributed by atoms with Gasteiger partial charge in [0.05, 0.1) is 0 Å². The van der Waals surface area contributed by atoms with E-state index in [4.69, 9.17) is 5.73 Å². The van der Waals surface area contributed by atoms with Crippen LogP contribution in [0.1, 0.15) is 72.6 Å². The van der Waals surface area contributed by atoms with Crippen LogP contribution in [0.2, 0.25) is 0 Å². The summed E-state index contributed by atoms with van der Waals surface area (Å²) in [7, 11) is 0. The molecule has 0 amide bonds. The maximum Gasteiger partial charge on any atom is 0.00902 e. The van der Waals surface area contributed by atoms with E-state index in [-0.39, 0.29) is 5.48 Å². The normalized spacial score (nSPS) is 13.4. The van der Waals surface area contributed by atoms with Crippen LogP contribution in [0, 0.1) is 5.41 Å². The third kappa shape index (κ3) is 6.16. The third-order valence-corrected chi connectivity index (χ3v) is 3.54. The van der Waals surface area contributed by atoms with E-state index in [0.717, 1.165) is 6.42 Å². The van der Waals surface area contributed by atoms with Crippen LogP contribution >= 0.6 is 0 Å². The van der Waals surface area contributed by atoms with Gasteiger partial charge in [-0.1, -0.05) is 53.4 Å². The van der Waals surface area contributed by atoms with Crippen molar-refractivity contribution in [2.75, 3.05) is 0 Å². The molecule has 2 heteroatoms. The Hall–Kier alpha value is -0.0800. The van der Waals surface area contributed by atoms with Crippen molar-refractivity contribution in [2.45, 2.75) is 78.7 Å².